The summed E-state index contributed by atoms with van der Waals surface area (Å²) < 4.78 is 26.5. The third-order valence-corrected chi connectivity index (χ3v) is 4.63. The maximum absolute atomic E-state index is 12.0. The van der Waals surface area contributed by atoms with E-state index in [1.807, 2.05) is 30.3 Å². The van der Waals surface area contributed by atoms with Crippen LogP contribution in [0.2, 0.25) is 0 Å². The van der Waals surface area contributed by atoms with E-state index >= 15 is 0 Å². The number of hydrogen-bond donors (Lipinski definition) is 2. The maximum Gasteiger partial charge on any atom is 0.244 e. The number of aromatic amines is 1. The lowest BCUT2D eigenvalue weighted by Crippen LogP contribution is -2.27. The number of halogens is 1. The highest BCUT2D eigenvalue weighted by molar-refractivity contribution is 7.89. The molecule has 0 bridgehead atoms. The van der Waals surface area contributed by atoms with Crippen LogP contribution in [0.3, 0.4) is 0 Å². The van der Waals surface area contributed by atoms with Crippen LogP contribution in [0.4, 0.5) is 0 Å². The highest BCUT2D eigenvalue weighted by Crippen LogP contribution is 2.20. The van der Waals surface area contributed by atoms with Crippen LogP contribution in [-0.4, -0.2) is 25.2 Å². The fourth-order valence-electron chi connectivity index (χ4n) is 1.65. The minimum absolute atomic E-state index is 0.124. The molecule has 0 aliphatic rings. The molecule has 0 spiro atoms. The van der Waals surface area contributed by atoms with Crippen molar-refractivity contribution in [2.24, 2.45) is 0 Å². The summed E-state index contributed by atoms with van der Waals surface area (Å²) >= 11 is 6.16. The third-order valence-electron chi connectivity index (χ3n) is 2.69. The van der Waals surface area contributed by atoms with Gasteiger partial charge in [-0.2, -0.15) is 5.10 Å². The molecule has 0 radical (unpaired) electrons. The monoisotopic (exact) mass is 299 g/mol. The summed E-state index contributed by atoms with van der Waals surface area (Å²) in [5.74, 6) is 0. The third kappa shape index (κ3) is 3.34. The molecule has 19 heavy (non-hydrogen) atoms. The van der Waals surface area contributed by atoms with Crippen LogP contribution in [0.1, 0.15) is 16.6 Å². The first kappa shape index (κ1) is 14.0. The van der Waals surface area contributed by atoms with Gasteiger partial charge in [0.1, 0.15) is 4.90 Å². The Morgan fingerprint density at radius 1 is 1.37 bits per heavy atom. The Labute approximate surface area is 117 Å². The van der Waals surface area contributed by atoms with E-state index in [2.05, 4.69) is 14.9 Å². The first-order chi connectivity index (χ1) is 9.00. The van der Waals surface area contributed by atoms with Gasteiger partial charge in [0.05, 0.1) is 17.3 Å². The molecule has 2 N–H and O–H groups in total. The highest BCUT2D eigenvalue weighted by atomic mass is 35.5. The van der Waals surface area contributed by atoms with Crippen LogP contribution in [0, 0.1) is 6.92 Å². The number of aryl methyl sites for hydroxylation is 1. The molecule has 0 amide bonds. The largest absolute Gasteiger partial charge is 0.281 e. The Morgan fingerprint density at radius 3 is 2.63 bits per heavy atom. The number of hydrogen-bond acceptors (Lipinski definition) is 3. The van der Waals surface area contributed by atoms with Crippen LogP contribution < -0.4 is 4.72 Å². The van der Waals surface area contributed by atoms with E-state index < -0.39 is 15.4 Å². The lowest BCUT2D eigenvalue weighted by molar-refractivity contribution is 0.580. The topological polar surface area (TPSA) is 74.8 Å². The first-order valence-electron chi connectivity index (χ1n) is 5.69. The summed E-state index contributed by atoms with van der Waals surface area (Å²) in [5.41, 5.74) is 1.37. The molecule has 1 heterocycles. The Hall–Kier alpha value is -1.37. The highest BCUT2D eigenvalue weighted by Gasteiger charge is 2.20. The zero-order valence-corrected chi connectivity index (χ0v) is 11.9. The summed E-state index contributed by atoms with van der Waals surface area (Å²) in [6.07, 6.45) is 1.28. The molecule has 7 heteroatoms. The van der Waals surface area contributed by atoms with Crippen molar-refractivity contribution >= 4 is 21.6 Å². The zero-order valence-electron chi connectivity index (χ0n) is 10.3. The molecule has 0 saturated carbocycles. The fourth-order valence-corrected chi connectivity index (χ4v) is 3.15. The molecule has 1 aromatic heterocycles. The fraction of sp³-hybridized carbons (Fsp3) is 0.250. The summed E-state index contributed by atoms with van der Waals surface area (Å²) in [4.78, 5) is 0.143. The summed E-state index contributed by atoms with van der Waals surface area (Å²) in [5, 5.41) is 5.87. The molecule has 1 unspecified atom stereocenters. The van der Waals surface area contributed by atoms with Gasteiger partial charge in [-0.05, 0) is 12.5 Å². The van der Waals surface area contributed by atoms with Gasteiger partial charge in [-0.15, -0.1) is 11.6 Å². The van der Waals surface area contributed by atoms with Gasteiger partial charge in [0, 0.05) is 6.54 Å². The molecule has 0 aliphatic carbocycles. The quantitative estimate of drug-likeness (QED) is 0.829. The average molecular weight is 300 g/mol. The zero-order chi connectivity index (χ0) is 13.9. The number of rotatable bonds is 5. The second kappa shape index (κ2) is 5.73. The normalized spacial score (nSPS) is 13.4. The molecule has 1 aromatic carbocycles. The van der Waals surface area contributed by atoms with E-state index in [1.165, 1.54) is 6.20 Å². The van der Waals surface area contributed by atoms with E-state index in [9.17, 15) is 8.42 Å². The second-order valence-electron chi connectivity index (χ2n) is 4.09. The Bertz CT molecular complexity index is 640. The molecule has 1 atom stereocenters. The van der Waals surface area contributed by atoms with Crippen molar-refractivity contribution in [3.8, 4) is 0 Å². The minimum atomic E-state index is -3.58. The number of nitrogens with one attached hydrogen (secondary N) is 2. The Morgan fingerprint density at radius 2 is 2.05 bits per heavy atom. The lowest BCUT2D eigenvalue weighted by Gasteiger charge is -2.11. The Balaban J connectivity index is 2.05. The van der Waals surface area contributed by atoms with E-state index in [0.29, 0.717) is 5.69 Å². The molecule has 2 rings (SSSR count). The van der Waals surface area contributed by atoms with Gasteiger partial charge < -0.3 is 0 Å². The Kier molecular flexibility index (Phi) is 4.24. The van der Waals surface area contributed by atoms with E-state index in [4.69, 9.17) is 11.6 Å². The molecule has 2 aromatic rings. The predicted molar refractivity (Wildman–Crippen MR) is 73.5 cm³/mol. The summed E-state index contributed by atoms with van der Waals surface area (Å²) in [7, 11) is -3.58. The second-order valence-corrected chi connectivity index (χ2v) is 6.35. The van der Waals surface area contributed by atoms with Crippen molar-refractivity contribution in [1.82, 2.24) is 14.9 Å². The van der Waals surface area contributed by atoms with Crippen LogP contribution in [0.25, 0.3) is 0 Å². The average Bonchev–Trinajstić information content (AvgIpc) is 2.84. The molecule has 0 aliphatic heterocycles. The summed E-state index contributed by atoms with van der Waals surface area (Å²) in [6.45, 7) is 1.77. The number of sulfonamides is 1. The molecular weight excluding hydrogens is 286 g/mol. The van der Waals surface area contributed by atoms with Gasteiger partial charge in [-0.25, -0.2) is 13.1 Å². The van der Waals surface area contributed by atoms with Gasteiger partial charge in [0.15, 0.2) is 0 Å². The van der Waals surface area contributed by atoms with Gasteiger partial charge in [0.2, 0.25) is 10.0 Å². The maximum atomic E-state index is 12.0. The van der Waals surface area contributed by atoms with Crippen LogP contribution >= 0.6 is 11.6 Å². The standard InChI is InChI=1S/C12H14ClN3O2S/c1-9-12(8-14-16-9)19(17,18)15-7-11(13)10-5-3-2-4-6-10/h2-6,8,11,15H,7H2,1H3,(H,14,16). The van der Waals surface area contributed by atoms with Gasteiger partial charge in [0.25, 0.3) is 0 Å². The number of alkyl halides is 1. The number of H-pyrrole nitrogens is 1. The minimum Gasteiger partial charge on any atom is -0.281 e. The van der Waals surface area contributed by atoms with Crippen LogP contribution in [0.15, 0.2) is 41.4 Å². The molecule has 102 valence electrons. The van der Waals surface area contributed by atoms with Gasteiger partial charge >= 0.3 is 0 Å². The van der Waals surface area contributed by atoms with Crippen LogP contribution in [0.5, 0.6) is 0 Å². The summed E-state index contributed by atoms with van der Waals surface area (Å²) in [6, 6.07) is 9.31. The number of nitrogens with zero attached hydrogens (tertiary/aromatic N) is 1. The molecule has 0 fully saturated rings. The smallest absolute Gasteiger partial charge is 0.244 e. The first-order valence-corrected chi connectivity index (χ1v) is 7.61. The molecule has 5 nitrogen and oxygen atoms in total. The van der Waals surface area contributed by atoms with E-state index in [-0.39, 0.29) is 11.4 Å². The van der Waals surface area contributed by atoms with Crippen molar-refractivity contribution in [2.75, 3.05) is 6.54 Å². The van der Waals surface area contributed by atoms with Gasteiger partial charge in [-0.3, -0.25) is 5.10 Å². The van der Waals surface area contributed by atoms with Crippen molar-refractivity contribution in [3.05, 3.63) is 47.8 Å². The SMILES string of the molecule is Cc1[nH]ncc1S(=O)(=O)NCC(Cl)c1ccccc1. The van der Waals surface area contributed by atoms with E-state index in [1.54, 1.807) is 6.92 Å². The lowest BCUT2D eigenvalue weighted by atomic mass is 10.1. The van der Waals surface area contributed by atoms with Crippen molar-refractivity contribution in [3.63, 3.8) is 0 Å². The number of benzene rings is 1. The predicted octanol–water partition coefficient (Wildman–Crippen LogP) is 1.98. The molecular formula is C12H14ClN3O2S. The molecule has 0 saturated heterocycles. The van der Waals surface area contributed by atoms with Crippen molar-refractivity contribution < 1.29 is 8.42 Å². The van der Waals surface area contributed by atoms with Crippen molar-refractivity contribution in [2.45, 2.75) is 17.2 Å². The van der Waals surface area contributed by atoms with Gasteiger partial charge in [-0.1, -0.05) is 30.3 Å². The van der Waals surface area contributed by atoms with Crippen molar-refractivity contribution in [1.29, 1.82) is 0 Å². The van der Waals surface area contributed by atoms with E-state index in [0.717, 1.165) is 5.56 Å². The van der Waals surface area contributed by atoms with Crippen LogP contribution in [-0.2, 0) is 10.0 Å². The number of aromatic nitrogens is 2.